The molecule has 1 aromatic heterocycles. The number of amides is 1. The van der Waals surface area contributed by atoms with Crippen molar-refractivity contribution in [1.82, 2.24) is 9.88 Å². The van der Waals surface area contributed by atoms with Gasteiger partial charge in [0.15, 0.2) is 0 Å². The van der Waals surface area contributed by atoms with Crippen molar-refractivity contribution in [1.29, 1.82) is 0 Å². The Morgan fingerprint density at radius 2 is 1.82 bits per heavy atom. The Kier molecular flexibility index (Phi) is 5.15. The Hall–Kier alpha value is -2.36. The van der Waals surface area contributed by atoms with Gasteiger partial charge in [-0.3, -0.25) is 9.78 Å². The Morgan fingerprint density at radius 3 is 2.45 bits per heavy atom. The van der Waals surface area contributed by atoms with Crippen molar-refractivity contribution in [2.24, 2.45) is 0 Å². The number of hydrogen-bond donors (Lipinski definition) is 0. The van der Waals surface area contributed by atoms with Gasteiger partial charge in [0, 0.05) is 26.0 Å². The first kappa shape index (κ1) is 16.0. The number of pyridine rings is 1. The predicted molar refractivity (Wildman–Crippen MR) is 87.4 cm³/mol. The molecule has 22 heavy (non-hydrogen) atoms. The highest BCUT2D eigenvalue weighted by molar-refractivity contribution is 5.97. The summed E-state index contributed by atoms with van der Waals surface area (Å²) in [5, 5.41) is 0. The van der Waals surface area contributed by atoms with Gasteiger partial charge in [-0.1, -0.05) is 0 Å². The summed E-state index contributed by atoms with van der Waals surface area (Å²) in [7, 11) is 3.41. The molecule has 4 nitrogen and oxygen atoms in total. The molecule has 0 bridgehead atoms. The molecular formula is C18H22N2O2. The average molecular weight is 298 g/mol. The van der Waals surface area contributed by atoms with Gasteiger partial charge in [0.1, 0.15) is 5.75 Å². The molecular weight excluding hydrogens is 276 g/mol. The zero-order valence-corrected chi connectivity index (χ0v) is 13.6. The molecule has 2 aromatic rings. The number of benzene rings is 1. The summed E-state index contributed by atoms with van der Waals surface area (Å²) in [6.45, 7) is 4.67. The van der Waals surface area contributed by atoms with E-state index in [2.05, 4.69) is 4.98 Å². The van der Waals surface area contributed by atoms with Gasteiger partial charge < -0.3 is 9.64 Å². The van der Waals surface area contributed by atoms with Gasteiger partial charge in [0.05, 0.1) is 12.7 Å². The summed E-state index contributed by atoms with van der Waals surface area (Å²) in [4.78, 5) is 18.4. The lowest BCUT2D eigenvalue weighted by atomic mass is 10.0. The van der Waals surface area contributed by atoms with E-state index in [0.717, 1.165) is 17.5 Å². The third kappa shape index (κ3) is 3.64. The Morgan fingerprint density at radius 1 is 1.18 bits per heavy atom. The fourth-order valence-corrected chi connectivity index (χ4v) is 2.28. The SMILES string of the molecule is COc1cc(C)c(C)cc1C(=O)N(C)CCc1ccncc1. The highest BCUT2D eigenvalue weighted by Gasteiger charge is 2.17. The normalized spacial score (nSPS) is 10.4. The first-order chi connectivity index (χ1) is 10.5. The fraction of sp³-hybridized carbons (Fsp3) is 0.333. The van der Waals surface area contributed by atoms with Crippen LogP contribution in [-0.2, 0) is 6.42 Å². The molecule has 0 spiro atoms. The smallest absolute Gasteiger partial charge is 0.257 e. The molecule has 0 aliphatic heterocycles. The standard InChI is InChI=1S/C18H22N2O2/c1-13-11-16(17(22-4)12-14(13)2)18(21)20(3)10-7-15-5-8-19-9-6-15/h5-6,8-9,11-12H,7,10H2,1-4H3. The van der Waals surface area contributed by atoms with Crippen molar-refractivity contribution in [3.8, 4) is 5.75 Å². The fourth-order valence-electron chi connectivity index (χ4n) is 2.28. The minimum atomic E-state index is -0.0194. The van der Waals surface area contributed by atoms with E-state index in [0.29, 0.717) is 17.9 Å². The van der Waals surface area contributed by atoms with Crippen molar-refractivity contribution >= 4 is 5.91 Å². The molecule has 0 fully saturated rings. The number of methoxy groups -OCH3 is 1. The maximum atomic E-state index is 12.6. The van der Waals surface area contributed by atoms with Crippen LogP contribution in [0.2, 0.25) is 0 Å². The average Bonchev–Trinajstić information content (AvgIpc) is 2.55. The second kappa shape index (κ2) is 7.07. The molecule has 1 amide bonds. The van der Waals surface area contributed by atoms with Crippen LogP contribution in [0.1, 0.15) is 27.0 Å². The van der Waals surface area contributed by atoms with Crippen molar-refractivity contribution < 1.29 is 9.53 Å². The number of rotatable bonds is 5. The summed E-state index contributed by atoms with van der Waals surface area (Å²) in [6, 6.07) is 7.75. The molecule has 0 saturated carbocycles. The topological polar surface area (TPSA) is 42.4 Å². The van der Waals surface area contributed by atoms with E-state index in [9.17, 15) is 4.79 Å². The first-order valence-corrected chi connectivity index (χ1v) is 7.32. The van der Waals surface area contributed by atoms with E-state index in [-0.39, 0.29) is 5.91 Å². The third-order valence-corrected chi connectivity index (χ3v) is 3.88. The predicted octanol–water partition coefficient (Wildman–Crippen LogP) is 3.02. The zero-order valence-electron chi connectivity index (χ0n) is 13.6. The van der Waals surface area contributed by atoms with Crippen LogP contribution in [0.4, 0.5) is 0 Å². The van der Waals surface area contributed by atoms with Crippen LogP contribution in [0.15, 0.2) is 36.7 Å². The second-order valence-electron chi connectivity index (χ2n) is 5.47. The quantitative estimate of drug-likeness (QED) is 0.852. The Labute approximate surface area is 131 Å². The summed E-state index contributed by atoms with van der Waals surface area (Å²) in [5.41, 5.74) is 3.99. The molecule has 0 atom stereocenters. The monoisotopic (exact) mass is 298 g/mol. The largest absolute Gasteiger partial charge is 0.496 e. The summed E-state index contributed by atoms with van der Waals surface area (Å²) >= 11 is 0. The van der Waals surface area contributed by atoms with E-state index in [1.165, 1.54) is 5.56 Å². The number of nitrogens with zero attached hydrogens (tertiary/aromatic N) is 2. The van der Waals surface area contributed by atoms with Gasteiger partial charge in [-0.2, -0.15) is 0 Å². The van der Waals surface area contributed by atoms with Gasteiger partial charge in [0.25, 0.3) is 5.91 Å². The van der Waals surface area contributed by atoms with E-state index in [1.54, 1.807) is 24.4 Å². The van der Waals surface area contributed by atoms with E-state index >= 15 is 0 Å². The van der Waals surface area contributed by atoms with E-state index in [1.807, 2.05) is 45.2 Å². The van der Waals surface area contributed by atoms with Crippen molar-refractivity contribution in [2.45, 2.75) is 20.3 Å². The third-order valence-electron chi connectivity index (χ3n) is 3.88. The number of likely N-dealkylation sites (N-methyl/N-ethyl adjacent to an activating group) is 1. The number of carbonyl (C=O) groups excluding carboxylic acids is 1. The van der Waals surface area contributed by atoms with Crippen LogP contribution in [0, 0.1) is 13.8 Å². The molecule has 0 saturated heterocycles. The van der Waals surface area contributed by atoms with Crippen LogP contribution >= 0.6 is 0 Å². The highest BCUT2D eigenvalue weighted by atomic mass is 16.5. The van der Waals surface area contributed by atoms with Crippen LogP contribution < -0.4 is 4.74 Å². The molecule has 0 unspecified atom stereocenters. The number of ether oxygens (including phenoxy) is 1. The molecule has 116 valence electrons. The summed E-state index contributed by atoms with van der Waals surface area (Å²) < 4.78 is 5.36. The molecule has 0 aliphatic carbocycles. The van der Waals surface area contributed by atoms with Crippen LogP contribution in [0.5, 0.6) is 5.75 Å². The minimum absolute atomic E-state index is 0.0194. The van der Waals surface area contributed by atoms with E-state index in [4.69, 9.17) is 4.74 Å². The van der Waals surface area contributed by atoms with E-state index < -0.39 is 0 Å². The molecule has 0 aliphatic rings. The van der Waals surface area contributed by atoms with Gasteiger partial charge >= 0.3 is 0 Å². The highest BCUT2D eigenvalue weighted by Crippen LogP contribution is 2.24. The lowest BCUT2D eigenvalue weighted by molar-refractivity contribution is 0.0793. The molecule has 4 heteroatoms. The number of hydrogen-bond acceptors (Lipinski definition) is 3. The lowest BCUT2D eigenvalue weighted by Gasteiger charge is -2.19. The van der Waals surface area contributed by atoms with Crippen LogP contribution in [0.3, 0.4) is 0 Å². The summed E-state index contributed by atoms with van der Waals surface area (Å²) in [6.07, 6.45) is 4.34. The zero-order chi connectivity index (χ0) is 16.1. The van der Waals surface area contributed by atoms with Gasteiger partial charge in [-0.25, -0.2) is 0 Å². The molecule has 1 heterocycles. The van der Waals surface area contributed by atoms with Crippen LogP contribution in [-0.4, -0.2) is 36.5 Å². The number of aromatic nitrogens is 1. The molecule has 1 aromatic carbocycles. The maximum Gasteiger partial charge on any atom is 0.257 e. The molecule has 0 N–H and O–H groups in total. The Balaban J connectivity index is 2.12. The number of carbonyl (C=O) groups is 1. The van der Waals surface area contributed by atoms with Crippen molar-refractivity contribution in [3.63, 3.8) is 0 Å². The van der Waals surface area contributed by atoms with Gasteiger partial charge in [0.2, 0.25) is 0 Å². The van der Waals surface area contributed by atoms with Gasteiger partial charge in [-0.05, 0) is 61.2 Å². The van der Waals surface area contributed by atoms with Crippen molar-refractivity contribution in [2.75, 3.05) is 20.7 Å². The lowest BCUT2D eigenvalue weighted by Crippen LogP contribution is -2.29. The van der Waals surface area contributed by atoms with Gasteiger partial charge in [-0.15, -0.1) is 0 Å². The minimum Gasteiger partial charge on any atom is -0.496 e. The van der Waals surface area contributed by atoms with Crippen LogP contribution in [0.25, 0.3) is 0 Å². The van der Waals surface area contributed by atoms with Crippen molar-refractivity contribution in [3.05, 3.63) is 58.9 Å². The maximum absolute atomic E-state index is 12.6. The molecule has 2 rings (SSSR count). The summed E-state index contributed by atoms with van der Waals surface area (Å²) in [5.74, 6) is 0.609. The second-order valence-corrected chi connectivity index (χ2v) is 5.47. The first-order valence-electron chi connectivity index (χ1n) is 7.32. The number of aryl methyl sites for hydroxylation is 2. The molecule has 0 radical (unpaired) electrons. The Bertz CT molecular complexity index is 654.